The summed E-state index contributed by atoms with van der Waals surface area (Å²) >= 11 is 0. The van der Waals surface area contributed by atoms with E-state index in [2.05, 4.69) is 46.2 Å². The summed E-state index contributed by atoms with van der Waals surface area (Å²) in [6, 6.07) is 12.0. The minimum absolute atomic E-state index is 0.172. The lowest BCUT2D eigenvalue weighted by molar-refractivity contribution is 0.0946. The van der Waals surface area contributed by atoms with Crippen LogP contribution in [0.25, 0.3) is 0 Å². The van der Waals surface area contributed by atoms with Gasteiger partial charge in [-0.1, -0.05) is 30.3 Å². The number of hydrogen-bond acceptors (Lipinski definition) is 5. The number of likely N-dealkylation sites (N-methyl/N-ethyl adjacent to an activating group) is 1. The maximum absolute atomic E-state index is 12.3. The van der Waals surface area contributed by atoms with Gasteiger partial charge in [-0.15, -0.1) is 0 Å². The van der Waals surface area contributed by atoms with Crippen LogP contribution in [0.4, 0.5) is 5.95 Å². The van der Waals surface area contributed by atoms with Crippen LogP contribution in [0.3, 0.4) is 0 Å². The SMILES string of the molecule is CC(C)N(Cc1ccccc1)c1nccc(C(=O)NCCN(C)C)n1. The van der Waals surface area contributed by atoms with Crippen LogP contribution in [0.1, 0.15) is 29.9 Å². The number of hydrogen-bond donors (Lipinski definition) is 1. The smallest absolute Gasteiger partial charge is 0.270 e. The van der Waals surface area contributed by atoms with E-state index in [0.717, 1.165) is 6.54 Å². The van der Waals surface area contributed by atoms with E-state index in [1.807, 2.05) is 37.2 Å². The molecule has 0 aliphatic carbocycles. The number of rotatable bonds is 8. The van der Waals surface area contributed by atoms with Gasteiger partial charge in [0, 0.05) is 31.9 Å². The highest BCUT2D eigenvalue weighted by Gasteiger charge is 2.16. The molecule has 134 valence electrons. The quantitative estimate of drug-likeness (QED) is 0.797. The van der Waals surface area contributed by atoms with Crippen LogP contribution in [-0.4, -0.2) is 54.0 Å². The summed E-state index contributed by atoms with van der Waals surface area (Å²) in [4.78, 5) is 25.3. The highest BCUT2D eigenvalue weighted by Crippen LogP contribution is 2.15. The Balaban J connectivity index is 2.12. The highest BCUT2D eigenvalue weighted by molar-refractivity contribution is 5.92. The summed E-state index contributed by atoms with van der Waals surface area (Å²) in [5.41, 5.74) is 1.57. The van der Waals surface area contributed by atoms with Gasteiger partial charge < -0.3 is 15.1 Å². The number of carbonyl (C=O) groups excluding carboxylic acids is 1. The molecule has 6 heteroatoms. The van der Waals surface area contributed by atoms with Gasteiger partial charge in [0.25, 0.3) is 5.91 Å². The summed E-state index contributed by atoms with van der Waals surface area (Å²) in [6.45, 7) is 6.26. The maximum Gasteiger partial charge on any atom is 0.270 e. The average molecular weight is 341 g/mol. The van der Waals surface area contributed by atoms with E-state index in [9.17, 15) is 4.79 Å². The van der Waals surface area contributed by atoms with Gasteiger partial charge in [-0.05, 0) is 39.6 Å². The number of nitrogens with zero attached hydrogens (tertiary/aromatic N) is 4. The Morgan fingerprint density at radius 1 is 1.16 bits per heavy atom. The van der Waals surface area contributed by atoms with Crippen molar-refractivity contribution in [3.63, 3.8) is 0 Å². The third kappa shape index (κ3) is 5.83. The second kappa shape index (κ2) is 9.13. The second-order valence-corrected chi connectivity index (χ2v) is 6.51. The van der Waals surface area contributed by atoms with Crippen molar-refractivity contribution in [3.05, 3.63) is 53.9 Å². The van der Waals surface area contributed by atoms with Crippen molar-refractivity contribution in [2.45, 2.75) is 26.4 Å². The van der Waals surface area contributed by atoms with Gasteiger partial charge in [-0.3, -0.25) is 4.79 Å². The van der Waals surface area contributed by atoms with E-state index >= 15 is 0 Å². The first kappa shape index (κ1) is 18.9. The molecule has 0 atom stereocenters. The van der Waals surface area contributed by atoms with Gasteiger partial charge in [0.2, 0.25) is 5.95 Å². The van der Waals surface area contributed by atoms with E-state index in [1.54, 1.807) is 12.3 Å². The van der Waals surface area contributed by atoms with Crippen molar-refractivity contribution in [3.8, 4) is 0 Å². The molecule has 0 radical (unpaired) electrons. The first-order chi connectivity index (χ1) is 12.0. The Morgan fingerprint density at radius 3 is 2.52 bits per heavy atom. The van der Waals surface area contributed by atoms with E-state index in [1.165, 1.54) is 5.56 Å². The predicted molar refractivity (Wildman–Crippen MR) is 101 cm³/mol. The summed E-state index contributed by atoms with van der Waals surface area (Å²) in [5, 5.41) is 2.89. The highest BCUT2D eigenvalue weighted by atomic mass is 16.1. The van der Waals surface area contributed by atoms with Crippen molar-refractivity contribution in [1.29, 1.82) is 0 Å². The molecule has 0 saturated carbocycles. The Morgan fingerprint density at radius 2 is 1.88 bits per heavy atom. The van der Waals surface area contributed by atoms with Crippen LogP contribution < -0.4 is 10.2 Å². The Hall–Kier alpha value is -2.47. The van der Waals surface area contributed by atoms with E-state index < -0.39 is 0 Å². The lowest BCUT2D eigenvalue weighted by atomic mass is 10.2. The Bertz CT molecular complexity index is 673. The second-order valence-electron chi connectivity index (χ2n) is 6.51. The largest absolute Gasteiger partial charge is 0.349 e. The molecular formula is C19H27N5O. The predicted octanol–water partition coefficient (Wildman–Crippen LogP) is 2.18. The molecule has 0 unspecified atom stereocenters. The molecule has 1 aromatic carbocycles. The standard InChI is InChI=1S/C19H27N5O/c1-15(2)24(14-16-8-6-5-7-9-16)19-21-11-10-17(22-19)18(25)20-12-13-23(3)4/h5-11,15H,12-14H2,1-4H3,(H,20,25). The van der Waals surface area contributed by atoms with E-state index in [-0.39, 0.29) is 11.9 Å². The van der Waals surface area contributed by atoms with Crippen molar-refractivity contribution >= 4 is 11.9 Å². The van der Waals surface area contributed by atoms with Crippen molar-refractivity contribution in [1.82, 2.24) is 20.2 Å². The zero-order valence-corrected chi connectivity index (χ0v) is 15.4. The third-order valence-corrected chi connectivity index (χ3v) is 3.80. The van der Waals surface area contributed by atoms with E-state index in [4.69, 9.17) is 0 Å². The van der Waals surface area contributed by atoms with Crippen LogP contribution >= 0.6 is 0 Å². The molecule has 1 heterocycles. The summed E-state index contributed by atoms with van der Waals surface area (Å²) in [6.07, 6.45) is 1.64. The minimum Gasteiger partial charge on any atom is -0.349 e. The van der Waals surface area contributed by atoms with Crippen molar-refractivity contribution in [2.75, 3.05) is 32.1 Å². The van der Waals surface area contributed by atoms with E-state index in [0.29, 0.717) is 24.7 Å². The van der Waals surface area contributed by atoms with Gasteiger partial charge in [-0.2, -0.15) is 0 Å². The zero-order chi connectivity index (χ0) is 18.2. The first-order valence-electron chi connectivity index (χ1n) is 8.54. The molecule has 0 spiro atoms. The molecular weight excluding hydrogens is 314 g/mol. The molecule has 0 aliphatic heterocycles. The molecule has 0 aliphatic rings. The van der Waals surface area contributed by atoms with Gasteiger partial charge in [0.15, 0.2) is 0 Å². The Kier molecular flexibility index (Phi) is 6.89. The number of amides is 1. The molecule has 2 rings (SSSR count). The third-order valence-electron chi connectivity index (χ3n) is 3.80. The lowest BCUT2D eigenvalue weighted by Gasteiger charge is -2.27. The van der Waals surface area contributed by atoms with Crippen LogP contribution in [0.2, 0.25) is 0 Å². The Labute approximate surface area is 149 Å². The number of carbonyl (C=O) groups is 1. The summed E-state index contributed by atoms with van der Waals surface area (Å²) < 4.78 is 0. The fraction of sp³-hybridized carbons (Fsp3) is 0.421. The molecule has 2 aromatic rings. The number of nitrogens with one attached hydrogen (secondary N) is 1. The molecule has 1 amide bonds. The maximum atomic E-state index is 12.3. The zero-order valence-electron chi connectivity index (χ0n) is 15.4. The number of aromatic nitrogens is 2. The normalized spacial score (nSPS) is 11.0. The molecule has 0 fully saturated rings. The van der Waals surface area contributed by atoms with Crippen LogP contribution in [0.15, 0.2) is 42.6 Å². The van der Waals surface area contributed by atoms with Gasteiger partial charge in [-0.25, -0.2) is 9.97 Å². The van der Waals surface area contributed by atoms with Crippen LogP contribution in [-0.2, 0) is 6.54 Å². The number of anilines is 1. The summed E-state index contributed by atoms with van der Waals surface area (Å²) in [7, 11) is 3.94. The van der Waals surface area contributed by atoms with Crippen molar-refractivity contribution < 1.29 is 4.79 Å². The van der Waals surface area contributed by atoms with Crippen molar-refractivity contribution in [2.24, 2.45) is 0 Å². The monoisotopic (exact) mass is 341 g/mol. The molecule has 25 heavy (non-hydrogen) atoms. The van der Waals surface area contributed by atoms with Gasteiger partial charge >= 0.3 is 0 Å². The molecule has 6 nitrogen and oxygen atoms in total. The molecule has 1 aromatic heterocycles. The average Bonchev–Trinajstić information content (AvgIpc) is 2.60. The minimum atomic E-state index is -0.172. The van der Waals surface area contributed by atoms with Gasteiger partial charge in [0.05, 0.1) is 0 Å². The van der Waals surface area contributed by atoms with Crippen LogP contribution in [0, 0.1) is 0 Å². The summed E-state index contributed by atoms with van der Waals surface area (Å²) in [5.74, 6) is 0.396. The number of benzene rings is 1. The molecule has 0 bridgehead atoms. The fourth-order valence-corrected chi connectivity index (χ4v) is 2.36. The molecule has 1 N–H and O–H groups in total. The fourth-order valence-electron chi connectivity index (χ4n) is 2.36. The first-order valence-corrected chi connectivity index (χ1v) is 8.54. The topological polar surface area (TPSA) is 61.4 Å². The van der Waals surface area contributed by atoms with Gasteiger partial charge in [0.1, 0.15) is 5.69 Å². The molecule has 0 saturated heterocycles. The lowest BCUT2D eigenvalue weighted by Crippen LogP contribution is -2.34. The van der Waals surface area contributed by atoms with Crippen LogP contribution in [0.5, 0.6) is 0 Å².